The molecule has 5 heteroatoms. The molecule has 0 radical (unpaired) electrons. The van der Waals surface area contributed by atoms with Crippen LogP contribution in [0.2, 0.25) is 0 Å². The summed E-state index contributed by atoms with van der Waals surface area (Å²) in [5, 5.41) is 2.88. The average molecular weight is 326 g/mol. The molecule has 94 valence electrons. The van der Waals surface area contributed by atoms with Crippen molar-refractivity contribution in [3.05, 3.63) is 44.3 Å². The van der Waals surface area contributed by atoms with Crippen molar-refractivity contribution >= 4 is 33.0 Å². The Labute approximate surface area is 118 Å². The number of ether oxygens (including phenoxy) is 1. The molecular formula is C13H12BrNO2S. The molecule has 3 nitrogen and oxygen atoms in total. The number of carbonyl (C=O) groups is 1. The van der Waals surface area contributed by atoms with E-state index in [0.717, 1.165) is 15.2 Å². The van der Waals surface area contributed by atoms with E-state index >= 15 is 0 Å². The van der Waals surface area contributed by atoms with E-state index in [9.17, 15) is 4.79 Å². The summed E-state index contributed by atoms with van der Waals surface area (Å²) in [6, 6.07) is 5.39. The Morgan fingerprint density at radius 2 is 2.28 bits per heavy atom. The lowest BCUT2D eigenvalue weighted by molar-refractivity contribution is 0.101. The van der Waals surface area contributed by atoms with Gasteiger partial charge in [-0.3, -0.25) is 4.79 Å². The van der Waals surface area contributed by atoms with Gasteiger partial charge in [0.2, 0.25) is 0 Å². The zero-order valence-electron chi connectivity index (χ0n) is 10.1. The molecular weight excluding hydrogens is 314 g/mol. The number of rotatable bonds is 4. The summed E-state index contributed by atoms with van der Waals surface area (Å²) < 4.78 is 6.56. The quantitative estimate of drug-likeness (QED) is 0.798. The molecule has 0 saturated heterocycles. The molecule has 2 aromatic rings. The first-order valence-electron chi connectivity index (χ1n) is 5.40. The minimum Gasteiger partial charge on any atom is -0.486 e. The number of hydrogen-bond donors (Lipinski definition) is 0. The number of aryl methyl sites for hydroxylation is 1. The number of benzene rings is 1. The van der Waals surface area contributed by atoms with Gasteiger partial charge in [-0.05, 0) is 32.0 Å². The van der Waals surface area contributed by atoms with Gasteiger partial charge in [-0.25, -0.2) is 4.98 Å². The second kappa shape index (κ2) is 5.63. The van der Waals surface area contributed by atoms with Gasteiger partial charge in [0.25, 0.3) is 0 Å². The lowest BCUT2D eigenvalue weighted by Gasteiger charge is -2.08. The summed E-state index contributed by atoms with van der Waals surface area (Å²) in [7, 11) is 0. The summed E-state index contributed by atoms with van der Waals surface area (Å²) in [5.74, 6) is 0.581. The fourth-order valence-corrected chi connectivity index (χ4v) is 2.54. The predicted molar refractivity (Wildman–Crippen MR) is 75.3 cm³/mol. The van der Waals surface area contributed by atoms with Gasteiger partial charge in [0.05, 0.1) is 5.56 Å². The molecule has 1 aromatic heterocycles. The normalized spacial score (nSPS) is 10.4. The van der Waals surface area contributed by atoms with Gasteiger partial charge in [-0.2, -0.15) is 0 Å². The highest BCUT2D eigenvalue weighted by Crippen LogP contribution is 2.25. The molecule has 0 amide bonds. The minimum absolute atomic E-state index is 0.00665. The first-order chi connectivity index (χ1) is 8.56. The monoisotopic (exact) mass is 325 g/mol. The van der Waals surface area contributed by atoms with Crippen molar-refractivity contribution in [1.29, 1.82) is 0 Å². The predicted octanol–water partition coefficient (Wildman–Crippen LogP) is 4.00. The van der Waals surface area contributed by atoms with E-state index in [1.54, 1.807) is 23.5 Å². The highest BCUT2D eigenvalue weighted by molar-refractivity contribution is 9.10. The maximum Gasteiger partial charge on any atom is 0.163 e. The number of aromatic nitrogens is 1. The average Bonchev–Trinajstić information content (AvgIpc) is 2.72. The Balaban J connectivity index is 2.17. The van der Waals surface area contributed by atoms with Crippen molar-refractivity contribution in [3.63, 3.8) is 0 Å². The van der Waals surface area contributed by atoms with Crippen LogP contribution in [-0.2, 0) is 6.61 Å². The number of nitrogens with zero attached hydrogens (tertiary/aromatic N) is 1. The summed E-state index contributed by atoms with van der Waals surface area (Å²) in [4.78, 5) is 15.8. The first kappa shape index (κ1) is 13.2. The number of hydrogen-bond acceptors (Lipinski definition) is 4. The summed E-state index contributed by atoms with van der Waals surface area (Å²) in [6.45, 7) is 3.86. The van der Waals surface area contributed by atoms with E-state index in [-0.39, 0.29) is 5.78 Å². The third kappa shape index (κ3) is 3.17. The van der Waals surface area contributed by atoms with Gasteiger partial charge in [0.15, 0.2) is 5.78 Å². The van der Waals surface area contributed by atoms with Crippen LogP contribution >= 0.6 is 27.3 Å². The fourth-order valence-electron chi connectivity index (χ4n) is 1.51. The number of Topliss-reactive ketones (excluding diaryl/α,β-unsaturated/α-hetero) is 1. The van der Waals surface area contributed by atoms with Crippen molar-refractivity contribution in [2.45, 2.75) is 20.5 Å². The molecule has 0 aliphatic carbocycles. The lowest BCUT2D eigenvalue weighted by atomic mass is 10.1. The van der Waals surface area contributed by atoms with Crippen molar-refractivity contribution in [1.82, 2.24) is 4.98 Å². The van der Waals surface area contributed by atoms with E-state index < -0.39 is 0 Å². The maximum absolute atomic E-state index is 11.5. The number of halogens is 1. The highest BCUT2D eigenvalue weighted by Gasteiger charge is 2.10. The second-order valence-electron chi connectivity index (χ2n) is 3.87. The fraction of sp³-hybridized carbons (Fsp3) is 0.231. The molecule has 0 N–H and O–H groups in total. The van der Waals surface area contributed by atoms with Crippen LogP contribution in [0.3, 0.4) is 0 Å². The SMILES string of the molecule is CC(=O)c1ccc(Br)cc1OCc1nc(C)cs1. The van der Waals surface area contributed by atoms with E-state index in [2.05, 4.69) is 20.9 Å². The molecule has 0 unspecified atom stereocenters. The van der Waals surface area contributed by atoms with E-state index in [0.29, 0.717) is 17.9 Å². The third-order valence-electron chi connectivity index (χ3n) is 2.34. The van der Waals surface area contributed by atoms with Crippen LogP contribution < -0.4 is 4.74 Å². The van der Waals surface area contributed by atoms with Crippen LogP contribution in [0, 0.1) is 6.92 Å². The Hall–Kier alpha value is -1.20. The van der Waals surface area contributed by atoms with Crippen molar-refractivity contribution < 1.29 is 9.53 Å². The summed E-state index contributed by atoms with van der Waals surface area (Å²) in [6.07, 6.45) is 0. The minimum atomic E-state index is -0.00665. The topological polar surface area (TPSA) is 39.2 Å². The Kier molecular flexibility index (Phi) is 4.14. The molecule has 0 aliphatic heterocycles. The van der Waals surface area contributed by atoms with Gasteiger partial charge in [-0.15, -0.1) is 11.3 Å². The van der Waals surface area contributed by atoms with Crippen molar-refractivity contribution in [3.8, 4) is 5.75 Å². The van der Waals surface area contributed by atoms with Gasteiger partial charge in [0.1, 0.15) is 17.4 Å². The molecule has 0 atom stereocenters. The zero-order chi connectivity index (χ0) is 13.1. The molecule has 2 rings (SSSR count). The maximum atomic E-state index is 11.5. The molecule has 1 heterocycles. The molecule has 18 heavy (non-hydrogen) atoms. The van der Waals surface area contributed by atoms with Gasteiger partial charge in [0, 0.05) is 15.5 Å². The van der Waals surface area contributed by atoms with E-state index in [1.807, 2.05) is 18.4 Å². The first-order valence-corrected chi connectivity index (χ1v) is 7.08. The van der Waals surface area contributed by atoms with Crippen LogP contribution in [0.1, 0.15) is 28.0 Å². The molecule has 0 fully saturated rings. The standard InChI is InChI=1S/C13H12BrNO2S/c1-8-7-18-13(15-8)6-17-12-5-10(14)3-4-11(12)9(2)16/h3-5,7H,6H2,1-2H3. The molecule has 0 aliphatic rings. The number of ketones is 1. The highest BCUT2D eigenvalue weighted by atomic mass is 79.9. The zero-order valence-corrected chi connectivity index (χ0v) is 12.5. The third-order valence-corrected chi connectivity index (χ3v) is 3.77. The lowest BCUT2D eigenvalue weighted by Crippen LogP contribution is -2.01. The van der Waals surface area contributed by atoms with Crippen molar-refractivity contribution in [2.24, 2.45) is 0 Å². The molecule has 0 spiro atoms. The molecule has 0 bridgehead atoms. The van der Waals surface area contributed by atoms with Crippen LogP contribution in [0.15, 0.2) is 28.1 Å². The van der Waals surface area contributed by atoms with E-state index in [4.69, 9.17) is 4.74 Å². The number of carbonyl (C=O) groups excluding carboxylic acids is 1. The Morgan fingerprint density at radius 3 is 2.89 bits per heavy atom. The Morgan fingerprint density at radius 1 is 1.50 bits per heavy atom. The summed E-state index contributed by atoms with van der Waals surface area (Å²) in [5.41, 5.74) is 1.58. The van der Waals surface area contributed by atoms with Crippen LogP contribution in [0.4, 0.5) is 0 Å². The van der Waals surface area contributed by atoms with E-state index in [1.165, 1.54) is 6.92 Å². The smallest absolute Gasteiger partial charge is 0.163 e. The second-order valence-corrected chi connectivity index (χ2v) is 5.73. The van der Waals surface area contributed by atoms with Crippen molar-refractivity contribution in [2.75, 3.05) is 0 Å². The largest absolute Gasteiger partial charge is 0.486 e. The van der Waals surface area contributed by atoms with Gasteiger partial charge in [-0.1, -0.05) is 15.9 Å². The van der Waals surface area contributed by atoms with Crippen LogP contribution in [-0.4, -0.2) is 10.8 Å². The van der Waals surface area contributed by atoms with Crippen LogP contribution in [0.25, 0.3) is 0 Å². The molecule has 1 aromatic carbocycles. The Bertz CT molecular complexity index is 580. The van der Waals surface area contributed by atoms with Gasteiger partial charge < -0.3 is 4.74 Å². The van der Waals surface area contributed by atoms with Crippen LogP contribution in [0.5, 0.6) is 5.75 Å². The molecule has 0 saturated carbocycles. The summed E-state index contributed by atoms with van der Waals surface area (Å²) >= 11 is 4.93. The number of thiazole rings is 1. The van der Waals surface area contributed by atoms with Gasteiger partial charge >= 0.3 is 0 Å².